The highest BCUT2D eigenvalue weighted by Gasteiger charge is 2.27. The number of amides is 1. The van der Waals surface area contributed by atoms with Crippen molar-refractivity contribution in [2.24, 2.45) is 0 Å². The molecule has 2 aromatic carbocycles. The second kappa shape index (κ2) is 5.40. The highest BCUT2D eigenvalue weighted by atomic mass is 16.5. The van der Waals surface area contributed by atoms with Gasteiger partial charge in [0.25, 0.3) is 5.91 Å². The molecule has 3 rings (SSSR count). The van der Waals surface area contributed by atoms with Crippen molar-refractivity contribution in [3.05, 3.63) is 59.7 Å². The molecule has 0 unspecified atom stereocenters. The van der Waals surface area contributed by atoms with Crippen molar-refractivity contribution < 1.29 is 14.3 Å². The minimum Gasteiger partial charge on any atom is -0.426 e. The van der Waals surface area contributed by atoms with Gasteiger partial charge in [0, 0.05) is 19.2 Å². The third-order valence-electron chi connectivity index (χ3n) is 3.50. The molecule has 0 radical (unpaired) electrons. The number of ether oxygens (including phenoxy) is 1. The highest BCUT2D eigenvalue weighted by molar-refractivity contribution is 6.09. The smallest absolute Gasteiger partial charge is 0.308 e. The number of esters is 1. The van der Waals surface area contributed by atoms with Gasteiger partial charge in [0.05, 0.1) is 5.56 Å². The number of rotatable bonds is 2. The molecule has 0 fully saturated rings. The Morgan fingerprint density at radius 1 is 1.05 bits per heavy atom. The normalized spacial score (nSPS) is 12.9. The van der Waals surface area contributed by atoms with Crippen LogP contribution in [0.1, 0.15) is 22.8 Å². The lowest BCUT2D eigenvalue weighted by Gasteiger charge is -2.18. The summed E-state index contributed by atoms with van der Waals surface area (Å²) in [7, 11) is 0. The number of fused-ring (bicyclic) bond motifs is 1. The molecule has 0 bridgehead atoms. The highest BCUT2D eigenvalue weighted by Crippen LogP contribution is 2.30. The van der Waals surface area contributed by atoms with Crippen LogP contribution in [0.3, 0.4) is 0 Å². The number of carbonyl (C=O) groups excluding carboxylic acids is 2. The average Bonchev–Trinajstić information content (AvgIpc) is 2.90. The molecule has 2 aromatic rings. The number of hydrogen-bond acceptors (Lipinski definition) is 3. The van der Waals surface area contributed by atoms with Gasteiger partial charge in [-0.3, -0.25) is 9.59 Å². The molecular formula is C17H15NO3. The second-order valence-electron chi connectivity index (χ2n) is 4.93. The van der Waals surface area contributed by atoms with Crippen LogP contribution in [0.4, 0.5) is 5.69 Å². The predicted octanol–water partition coefficient (Wildman–Crippen LogP) is 2.81. The summed E-state index contributed by atoms with van der Waals surface area (Å²) in [5.41, 5.74) is 2.50. The van der Waals surface area contributed by atoms with Gasteiger partial charge < -0.3 is 9.64 Å². The van der Waals surface area contributed by atoms with Crippen LogP contribution in [0, 0.1) is 0 Å². The number of para-hydroxylation sites is 2. The van der Waals surface area contributed by atoms with E-state index in [9.17, 15) is 9.59 Å². The van der Waals surface area contributed by atoms with Crippen LogP contribution in [-0.4, -0.2) is 18.4 Å². The van der Waals surface area contributed by atoms with Crippen molar-refractivity contribution in [2.75, 3.05) is 11.4 Å². The first-order chi connectivity index (χ1) is 10.2. The fraction of sp³-hybridized carbons (Fsp3) is 0.176. The Hall–Kier alpha value is -2.62. The third kappa shape index (κ3) is 2.52. The molecule has 1 aliphatic heterocycles. The molecule has 0 saturated heterocycles. The van der Waals surface area contributed by atoms with Gasteiger partial charge in [0.1, 0.15) is 5.75 Å². The zero-order chi connectivity index (χ0) is 14.8. The molecular weight excluding hydrogens is 266 g/mol. The van der Waals surface area contributed by atoms with Gasteiger partial charge in [-0.2, -0.15) is 0 Å². The van der Waals surface area contributed by atoms with Gasteiger partial charge >= 0.3 is 5.97 Å². The molecule has 0 aliphatic carbocycles. The quantitative estimate of drug-likeness (QED) is 0.628. The number of anilines is 1. The van der Waals surface area contributed by atoms with E-state index >= 15 is 0 Å². The summed E-state index contributed by atoms with van der Waals surface area (Å²) in [6.07, 6.45) is 0.845. The summed E-state index contributed by atoms with van der Waals surface area (Å²) in [6.45, 7) is 1.97. The molecule has 0 saturated carbocycles. The van der Waals surface area contributed by atoms with Gasteiger partial charge in [-0.15, -0.1) is 0 Å². The van der Waals surface area contributed by atoms with Gasteiger partial charge in [-0.05, 0) is 30.2 Å². The molecule has 1 aliphatic rings. The van der Waals surface area contributed by atoms with E-state index in [2.05, 4.69) is 0 Å². The predicted molar refractivity (Wildman–Crippen MR) is 79.6 cm³/mol. The number of nitrogens with zero attached hydrogens (tertiary/aromatic N) is 1. The minimum atomic E-state index is -0.433. The molecule has 0 atom stereocenters. The Bertz CT molecular complexity index is 709. The Kier molecular flexibility index (Phi) is 3.44. The molecule has 1 amide bonds. The van der Waals surface area contributed by atoms with Crippen molar-refractivity contribution in [3.63, 3.8) is 0 Å². The first-order valence-electron chi connectivity index (χ1n) is 6.84. The van der Waals surface area contributed by atoms with Crippen molar-refractivity contribution in [3.8, 4) is 5.75 Å². The van der Waals surface area contributed by atoms with E-state index in [0.29, 0.717) is 17.9 Å². The zero-order valence-electron chi connectivity index (χ0n) is 11.7. The number of carbonyl (C=O) groups is 2. The van der Waals surface area contributed by atoms with Gasteiger partial charge in [-0.1, -0.05) is 30.3 Å². The monoisotopic (exact) mass is 281 g/mol. The maximum atomic E-state index is 12.7. The van der Waals surface area contributed by atoms with Crippen LogP contribution in [0.25, 0.3) is 0 Å². The molecule has 4 heteroatoms. The average molecular weight is 281 g/mol. The van der Waals surface area contributed by atoms with E-state index in [1.807, 2.05) is 24.3 Å². The topological polar surface area (TPSA) is 46.6 Å². The third-order valence-corrected chi connectivity index (χ3v) is 3.50. The standard InChI is InChI=1S/C17H15NO3/c1-12(19)21-16-9-5-3-7-14(16)17(20)18-11-10-13-6-2-4-8-15(13)18/h2-9H,10-11H2,1H3. The van der Waals surface area contributed by atoms with Gasteiger partial charge in [0.2, 0.25) is 0 Å². The Morgan fingerprint density at radius 3 is 2.57 bits per heavy atom. The summed E-state index contributed by atoms with van der Waals surface area (Å²) in [6, 6.07) is 14.7. The van der Waals surface area contributed by atoms with E-state index in [1.54, 1.807) is 29.2 Å². The maximum Gasteiger partial charge on any atom is 0.308 e. The summed E-state index contributed by atoms with van der Waals surface area (Å²) in [5.74, 6) is -0.270. The Balaban J connectivity index is 1.95. The second-order valence-corrected chi connectivity index (χ2v) is 4.93. The van der Waals surface area contributed by atoms with E-state index < -0.39 is 5.97 Å². The van der Waals surface area contributed by atoms with Crippen molar-refractivity contribution in [1.82, 2.24) is 0 Å². The number of hydrogen-bond donors (Lipinski definition) is 0. The SMILES string of the molecule is CC(=O)Oc1ccccc1C(=O)N1CCc2ccccc21. The Morgan fingerprint density at radius 2 is 1.76 bits per heavy atom. The van der Waals surface area contributed by atoms with Crippen LogP contribution < -0.4 is 9.64 Å². The summed E-state index contributed by atoms with van der Waals surface area (Å²) < 4.78 is 5.13. The summed E-state index contributed by atoms with van der Waals surface area (Å²) in [4.78, 5) is 25.6. The lowest BCUT2D eigenvalue weighted by atomic mass is 10.1. The molecule has 4 nitrogen and oxygen atoms in total. The summed E-state index contributed by atoms with van der Waals surface area (Å²) in [5, 5.41) is 0. The van der Waals surface area contributed by atoms with E-state index in [1.165, 1.54) is 6.92 Å². The maximum absolute atomic E-state index is 12.7. The molecule has 0 N–H and O–H groups in total. The lowest BCUT2D eigenvalue weighted by molar-refractivity contribution is -0.131. The van der Waals surface area contributed by atoms with E-state index in [4.69, 9.17) is 4.74 Å². The molecule has 0 aromatic heterocycles. The fourth-order valence-electron chi connectivity index (χ4n) is 2.58. The molecule has 0 spiro atoms. The van der Waals surface area contributed by atoms with Gasteiger partial charge in [0.15, 0.2) is 0 Å². The molecule has 106 valence electrons. The lowest BCUT2D eigenvalue weighted by Crippen LogP contribution is -2.29. The first-order valence-corrected chi connectivity index (χ1v) is 6.84. The van der Waals surface area contributed by atoms with E-state index in [-0.39, 0.29) is 5.91 Å². The molecule has 21 heavy (non-hydrogen) atoms. The van der Waals surface area contributed by atoms with Gasteiger partial charge in [-0.25, -0.2) is 0 Å². The van der Waals surface area contributed by atoms with Crippen LogP contribution in [0.5, 0.6) is 5.75 Å². The Labute approximate surface area is 123 Å². The minimum absolute atomic E-state index is 0.142. The largest absolute Gasteiger partial charge is 0.426 e. The van der Waals surface area contributed by atoms with Crippen LogP contribution in [0.2, 0.25) is 0 Å². The first kappa shape index (κ1) is 13.4. The van der Waals surface area contributed by atoms with Crippen LogP contribution in [-0.2, 0) is 11.2 Å². The van der Waals surface area contributed by atoms with E-state index in [0.717, 1.165) is 17.7 Å². The van der Waals surface area contributed by atoms with Crippen molar-refractivity contribution >= 4 is 17.6 Å². The zero-order valence-corrected chi connectivity index (χ0v) is 11.7. The molecule has 1 heterocycles. The summed E-state index contributed by atoms with van der Waals surface area (Å²) >= 11 is 0. The van der Waals surface area contributed by atoms with Crippen LogP contribution >= 0.6 is 0 Å². The van der Waals surface area contributed by atoms with Crippen LogP contribution in [0.15, 0.2) is 48.5 Å². The number of benzene rings is 2. The van der Waals surface area contributed by atoms with Crippen molar-refractivity contribution in [1.29, 1.82) is 0 Å². The fourth-order valence-corrected chi connectivity index (χ4v) is 2.58. The van der Waals surface area contributed by atoms with Crippen molar-refractivity contribution in [2.45, 2.75) is 13.3 Å².